The molecule has 7 heteroatoms. The zero-order chi connectivity index (χ0) is 18.4. The maximum Gasteiger partial charge on any atom is 0.170 e. The maximum atomic E-state index is 13.6. The summed E-state index contributed by atoms with van der Waals surface area (Å²) in [6, 6.07) is 10.4. The molecule has 0 fully saturated rings. The Morgan fingerprint density at radius 2 is 1.68 bits per heavy atom. The van der Waals surface area contributed by atoms with Gasteiger partial charge in [0, 0.05) is 30.1 Å². The monoisotopic (exact) mass is 431 g/mol. The molecule has 0 unspecified atom stereocenters. The van der Waals surface area contributed by atoms with E-state index in [0.29, 0.717) is 23.1 Å². The number of hydrogen-bond acceptors (Lipinski definition) is 4. The van der Waals surface area contributed by atoms with Gasteiger partial charge in [0.15, 0.2) is 17.9 Å². The molecule has 0 amide bonds. The lowest BCUT2D eigenvalue weighted by molar-refractivity contribution is -0.107. The normalized spacial score (nSPS) is 11.5. The molecule has 2 rings (SSSR count). The summed E-state index contributed by atoms with van der Waals surface area (Å²) >= 11 is 4.81. The number of benzene rings is 2. The second-order valence-electron chi connectivity index (χ2n) is 5.49. The molecule has 0 atom stereocenters. The van der Waals surface area contributed by atoms with Crippen molar-refractivity contribution in [2.24, 2.45) is 0 Å². The molecule has 0 N–H and O–H groups in total. The second-order valence-corrected chi connectivity index (χ2v) is 7.51. The molecule has 0 aliphatic carbocycles. The van der Waals surface area contributed by atoms with Crippen molar-refractivity contribution < 1.29 is 18.3 Å². The quantitative estimate of drug-likeness (QED) is 0.326. The molecule has 0 radical (unpaired) electrons. The Hall–Kier alpha value is -0.990. The fourth-order valence-electron chi connectivity index (χ4n) is 2.17. The summed E-state index contributed by atoms with van der Waals surface area (Å²) in [5.41, 5.74) is 1.82. The average molecular weight is 432 g/mol. The van der Waals surface area contributed by atoms with Gasteiger partial charge in [0.1, 0.15) is 0 Å². The van der Waals surface area contributed by atoms with Gasteiger partial charge in [0.05, 0.1) is 6.54 Å². The van der Waals surface area contributed by atoms with E-state index >= 15 is 0 Å². The molecule has 0 aromatic heterocycles. The lowest BCUT2D eigenvalue weighted by Crippen LogP contribution is -2.30. The third-order valence-corrected chi connectivity index (χ3v) is 5.33. The van der Waals surface area contributed by atoms with Crippen LogP contribution in [0.25, 0.3) is 0 Å². The first-order chi connectivity index (χ1) is 11.9. The van der Waals surface area contributed by atoms with E-state index in [9.17, 15) is 8.78 Å². The molecule has 0 aliphatic heterocycles. The van der Waals surface area contributed by atoms with Crippen LogP contribution in [0.2, 0.25) is 0 Å². The topological polar surface area (TPSA) is 21.7 Å². The highest BCUT2D eigenvalue weighted by atomic mass is 79.9. The van der Waals surface area contributed by atoms with E-state index < -0.39 is 17.9 Å². The number of halogens is 3. The van der Waals surface area contributed by atoms with Crippen LogP contribution in [0.15, 0.2) is 45.8 Å². The molecular weight excluding hydrogens is 412 g/mol. The van der Waals surface area contributed by atoms with Gasteiger partial charge in [-0.05, 0) is 48.7 Å². The first kappa shape index (κ1) is 20.3. The molecule has 0 heterocycles. The predicted octanol–water partition coefficient (Wildman–Crippen LogP) is 5.16. The Kier molecular flexibility index (Phi) is 7.83. The van der Waals surface area contributed by atoms with Crippen molar-refractivity contribution in [2.45, 2.75) is 24.7 Å². The van der Waals surface area contributed by atoms with Crippen LogP contribution in [0.3, 0.4) is 0 Å². The van der Waals surface area contributed by atoms with Gasteiger partial charge in [0.2, 0.25) is 0 Å². The van der Waals surface area contributed by atoms with Crippen molar-refractivity contribution in [1.82, 2.24) is 4.31 Å². The minimum atomic E-state index is -0.875. The van der Waals surface area contributed by atoms with Crippen LogP contribution in [0.4, 0.5) is 8.78 Å². The lowest BCUT2D eigenvalue weighted by Gasteiger charge is -2.25. The first-order valence-electron chi connectivity index (χ1n) is 7.61. The van der Waals surface area contributed by atoms with Crippen LogP contribution >= 0.6 is 27.9 Å². The van der Waals surface area contributed by atoms with Crippen LogP contribution in [0.5, 0.6) is 0 Å². The van der Waals surface area contributed by atoms with Gasteiger partial charge in [-0.3, -0.25) is 0 Å². The molecule has 136 valence electrons. The van der Waals surface area contributed by atoms with Gasteiger partial charge in [-0.15, -0.1) is 0 Å². The Balaban J connectivity index is 2.21. The lowest BCUT2D eigenvalue weighted by atomic mass is 10.2. The average Bonchev–Trinajstić information content (AvgIpc) is 2.59. The molecule has 0 aliphatic rings. The van der Waals surface area contributed by atoms with Crippen LogP contribution in [-0.4, -0.2) is 31.4 Å². The van der Waals surface area contributed by atoms with Crippen molar-refractivity contribution in [3.05, 3.63) is 63.6 Å². The first-order valence-corrected chi connectivity index (χ1v) is 9.18. The number of rotatable bonds is 8. The van der Waals surface area contributed by atoms with Crippen molar-refractivity contribution in [2.75, 3.05) is 20.8 Å². The van der Waals surface area contributed by atoms with Gasteiger partial charge < -0.3 is 9.47 Å². The Labute approximate surface area is 159 Å². The van der Waals surface area contributed by atoms with E-state index in [4.69, 9.17) is 9.47 Å². The fraction of sp³-hybridized carbons (Fsp3) is 0.333. The molecule has 3 nitrogen and oxygen atoms in total. The largest absolute Gasteiger partial charge is 0.355 e. The van der Waals surface area contributed by atoms with Gasteiger partial charge in [-0.2, -0.15) is 0 Å². The number of hydrogen-bond donors (Lipinski definition) is 0. The molecule has 2 aromatic carbocycles. The van der Waals surface area contributed by atoms with Gasteiger partial charge in [-0.1, -0.05) is 33.6 Å². The Morgan fingerprint density at radius 3 is 2.28 bits per heavy atom. The molecular formula is C18H20BrF2NO2S. The molecule has 0 saturated carbocycles. The van der Waals surface area contributed by atoms with Crippen LogP contribution < -0.4 is 0 Å². The number of nitrogens with zero attached hydrogens (tertiary/aromatic N) is 1. The second kappa shape index (κ2) is 9.64. The highest BCUT2D eigenvalue weighted by Crippen LogP contribution is 2.29. The summed E-state index contributed by atoms with van der Waals surface area (Å²) in [7, 11) is 3.13. The van der Waals surface area contributed by atoms with Crippen LogP contribution in [-0.2, 0) is 16.0 Å². The van der Waals surface area contributed by atoms with Crippen molar-refractivity contribution in [3.8, 4) is 0 Å². The summed E-state index contributed by atoms with van der Waals surface area (Å²) < 4.78 is 40.0. The molecule has 25 heavy (non-hydrogen) atoms. The third-order valence-electron chi connectivity index (χ3n) is 3.57. The minimum absolute atomic E-state index is 0.388. The summed E-state index contributed by atoms with van der Waals surface area (Å²) in [5.74, 6) is -1.74. The van der Waals surface area contributed by atoms with E-state index in [1.165, 1.54) is 23.6 Å². The smallest absolute Gasteiger partial charge is 0.170 e. The highest BCUT2D eigenvalue weighted by molar-refractivity contribution is 9.10. The summed E-state index contributed by atoms with van der Waals surface area (Å²) in [4.78, 5) is 1.04. The predicted molar refractivity (Wildman–Crippen MR) is 99.3 cm³/mol. The van der Waals surface area contributed by atoms with Crippen molar-refractivity contribution in [3.63, 3.8) is 0 Å². The summed E-state index contributed by atoms with van der Waals surface area (Å²) in [6.45, 7) is 2.87. The zero-order valence-corrected chi connectivity index (χ0v) is 16.7. The van der Waals surface area contributed by atoms with Crippen molar-refractivity contribution in [1.29, 1.82) is 0 Å². The van der Waals surface area contributed by atoms with Crippen LogP contribution in [0.1, 0.15) is 11.1 Å². The van der Waals surface area contributed by atoms with Gasteiger partial charge in [-0.25, -0.2) is 13.1 Å². The van der Waals surface area contributed by atoms with E-state index in [1.807, 2.05) is 35.5 Å². The number of aryl methyl sites for hydroxylation is 1. The Bertz CT molecular complexity index is 696. The molecule has 0 bridgehead atoms. The number of methoxy groups -OCH3 is 2. The number of ether oxygens (including phenoxy) is 2. The molecule has 2 aromatic rings. The van der Waals surface area contributed by atoms with Crippen molar-refractivity contribution >= 4 is 27.9 Å². The Morgan fingerprint density at radius 1 is 1.08 bits per heavy atom. The summed E-state index contributed by atoms with van der Waals surface area (Å²) in [5, 5.41) is 0. The van der Waals surface area contributed by atoms with E-state index in [1.54, 1.807) is 14.2 Å². The van der Waals surface area contributed by atoms with E-state index in [-0.39, 0.29) is 0 Å². The third kappa shape index (κ3) is 6.04. The maximum absolute atomic E-state index is 13.6. The zero-order valence-electron chi connectivity index (χ0n) is 14.3. The van der Waals surface area contributed by atoms with E-state index in [0.717, 1.165) is 11.0 Å². The van der Waals surface area contributed by atoms with Crippen LogP contribution in [0, 0.1) is 18.6 Å². The summed E-state index contributed by atoms with van der Waals surface area (Å²) in [6.07, 6.45) is -0.429. The fourth-order valence-corrected chi connectivity index (χ4v) is 3.57. The van der Waals surface area contributed by atoms with Gasteiger partial charge in [0.25, 0.3) is 0 Å². The molecule has 0 saturated heterocycles. The van der Waals surface area contributed by atoms with E-state index in [2.05, 4.69) is 15.9 Å². The van der Waals surface area contributed by atoms with Gasteiger partial charge >= 0.3 is 0 Å². The minimum Gasteiger partial charge on any atom is -0.355 e. The SMILES string of the molecule is COC(CN(Cc1cc(F)c(F)cc1Br)Sc1ccc(C)cc1)OC. The standard InChI is InChI=1S/C18H20BrF2NO2S/c1-12-4-6-14(7-5-12)25-22(11-18(23-2)24-3)10-13-8-16(20)17(21)9-15(13)19/h4-9,18H,10-11H2,1-3H3. The highest BCUT2D eigenvalue weighted by Gasteiger charge is 2.18. The molecule has 0 spiro atoms.